The van der Waals surface area contributed by atoms with Crippen molar-refractivity contribution >= 4 is 0 Å². The molecule has 0 saturated heterocycles. The summed E-state index contributed by atoms with van der Waals surface area (Å²) in [4.78, 5) is 4.44. The van der Waals surface area contributed by atoms with E-state index in [1.807, 2.05) is 12.4 Å². The van der Waals surface area contributed by atoms with Gasteiger partial charge in [-0.1, -0.05) is 44.2 Å². The van der Waals surface area contributed by atoms with Gasteiger partial charge in [-0.15, -0.1) is 0 Å². The molecule has 1 aromatic carbocycles. The number of nitrogens with one attached hydrogen (secondary N) is 1. The van der Waals surface area contributed by atoms with Crippen LogP contribution in [0.5, 0.6) is 0 Å². The minimum Gasteiger partial charge on any atom is -0.330 e. The van der Waals surface area contributed by atoms with E-state index >= 15 is 0 Å². The van der Waals surface area contributed by atoms with Crippen molar-refractivity contribution in [2.75, 3.05) is 0 Å². The molecule has 0 radical (unpaired) electrons. The number of nitrogens with zero attached hydrogens (tertiary/aromatic N) is 2. The molecule has 1 aromatic heterocycles. The van der Waals surface area contributed by atoms with E-state index in [1.165, 1.54) is 5.56 Å². The minimum atomic E-state index is 0.325. The smallest absolute Gasteiger partial charge is 0.0955 e. The molecule has 0 aliphatic heterocycles. The number of hydrogen-bond donors (Lipinski definition) is 1. The lowest BCUT2D eigenvalue weighted by Gasteiger charge is -2.13. The van der Waals surface area contributed by atoms with Crippen LogP contribution in [-0.4, -0.2) is 15.6 Å². The Morgan fingerprint density at radius 2 is 1.89 bits per heavy atom. The normalized spacial score (nSPS) is 12.9. The van der Waals surface area contributed by atoms with E-state index in [9.17, 15) is 0 Å². The van der Waals surface area contributed by atoms with Crippen LogP contribution in [0.25, 0.3) is 0 Å². The zero-order chi connectivity index (χ0) is 13.0. The Morgan fingerprint density at radius 1 is 1.17 bits per heavy atom. The molecule has 1 unspecified atom stereocenters. The third-order valence-corrected chi connectivity index (χ3v) is 3.08. The Balaban J connectivity index is 2.06. The third kappa shape index (κ3) is 3.20. The number of benzene rings is 1. The first kappa shape index (κ1) is 12.8. The summed E-state index contributed by atoms with van der Waals surface area (Å²) in [5.41, 5.74) is 2.39. The first-order valence-corrected chi connectivity index (χ1v) is 6.47. The highest BCUT2D eigenvalue weighted by Gasteiger charge is 2.08. The predicted molar refractivity (Wildman–Crippen MR) is 74.5 cm³/mol. The Morgan fingerprint density at radius 3 is 2.56 bits per heavy atom. The molecule has 0 saturated carbocycles. The lowest BCUT2D eigenvalue weighted by Crippen LogP contribution is -2.21. The highest BCUT2D eigenvalue weighted by atomic mass is 15.1. The molecule has 0 aliphatic carbocycles. The van der Waals surface area contributed by atoms with E-state index in [2.05, 4.69) is 66.1 Å². The van der Waals surface area contributed by atoms with Crippen LogP contribution in [0.4, 0.5) is 0 Å². The second-order valence-electron chi connectivity index (χ2n) is 4.93. The van der Waals surface area contributed by atoms with Crippen molar-refractivity contribution in [3.8, 4) is 0 Å². The lowest BCUT2D eigenvalue weighted by atomic mass is 10.1. The summed E-state index contributed by atoms with van der Waals surface area (Å²) in [5.74, 6) is 0. The van der Waals surface area contributed by atoms with Gasteiger partial charge in [0.1, 0.15) is 0 Å². The van der Waals surface area contributed by atoms with Gasteiger partial charge in [-0.2, -0.15) is 0 Å². The van der Waals surface area contributed by atoms with Gasteiger partial charge in [-0.25, -0.2) is 4.98 Å². The summed E-state index contributed by atoms with van der Waals surface area (Å²) in [6, 6.07) is 11.3. The Bertz CT molecular complexity index is 473. The molecule has 18 heavy (non-hydrogen) atoms. The first-order valence-electron chi connectivity index (χ1n) is 6.47. The predicted octanol–water partition coefficient (Wildman–Crippen LogP) is 2.99. The van der Waals surface area contributed by atoms with Gasteiger partial charge in [0.15, 0.2) is 0 Å². The zero-order valence-electron chi connectivity index (χ0n) is 11.3. The molecule has 0 bridgehead atoms. The maximum absolute atomic E-state index is 4.44. The number of aromatic nitrogens is 2. The highest BCUT2D eigenvalue weighted by Crippen LogP contribution is 2.17. The quantitative estimate of drug-likeness (QED) is 0.875. The van der Waals surface area contributed by atoms with Crippen LogP contribution in [0, 0.1) is 0 Å². The number of hydrogen-bond acceptors (Lipinski definition) is 2. The molecule has 2 rings (SSSR count). The highest BCUT2D eigenvalue weighted by molar-refractivity contribution is 5.19. The van der Waals surface area contributed by atoms with Crippen molar-refractivity contribution in [1.29, 1.82) is 0 Å². The fraction of sp³-hybridized carbons (Fsp3) is 0.400. The number of imidazole rings is 1. The molecule has 2 aromatic rings. The zero-order valence-corrected chi connectivity index (χ0v) is 11.3. The van der Waals surface area contributed by atoms with Gasteiger partial charge >= 0.3 is 0 Å². The van der Waals surface area contributed by atoms with E-state index in [0.717, 1.165) is 12.2 Å². The summed E-state index contributed by atoms with van der Waals surface area (Å²) < 4.78 is 2.16. The van der Waals surface area contributed by atoms with Crippen LogP contribution in [0.2, 0.25) is 0 Å². The average Bonchev–Trinajstić information content (AvgIpc) is 2.85. The van der Waals surface area contributed by atoms with Crippen LogP contribution < -0.4 is 5.32 Å². The van der Waals surface area contributed by atoms with E-state index in [1.54, 1.807) is 0 Å². The van der Waals surface area contributed by atoms with Crippen LogP contribution in [-0.2, 0) is 6.54 Å². The molecule has 1 heterocycles. The fourth-order valence-electron chi connectivity index (χ4n) is 1.90. The third-order valence-electron chi connectivity index (χ3n) is 3.08. The van der Waals surface area contributed by atoms with Crippen molar-refractivity contribution in [1.82, 2.24) is 14.9 Å². The largest absolute Gasteiger partial charge is 0.330 e. The monoisotopic (exact) mass is 243 g/mol. The second kappa shape index (κ2) is 5.83. The molecule has 0 fully saturated rings. The van der Waals surface area contributed by atoms with E-state index in [4.69, 9.17) is 0 Å². The van der Waals surface area contributed by atoms with Crippen molar-refractivity contribution in [2.45, 2.75) is 39.4 Å². The average molecular weight is 243 g/mol. The molecule has 3 nitrogen and oxygen atoms in total. The van der Waals surface area contributed by atoms with E-state index in [0.29, 0.717) is 12.1 Å². The van der Waals surface area contributed by atoms with Gasteiger partial charge in [-0.05, 0) is 12.5 Å². The van der Waals surface area contributed by atoms with Crippen LogP contribution in [0.15, 0.2) is 42.9 Å². The van der Waals surface area contributed by atoms with E-state index < -0.39 is 0 Å². The van der Waals surface area contributed by atoms with Gasteiger partial charge in [-0.3, -0.25) is 0 Å². The summed E-state index contributed by atoms with van der Waals surface area (Å²) >= 11 is 0. The van der Waals surface area contributed by atoms with Crippen molar-refractivity contribution in [2.24, 2.45) is 0 Å². The summed E-state index contributed by atoms with van der Waals surface area (Å²) in [7, 11) is 0. The molecule has 0 aliphatic rings. The van der Waals surface area contributed by atoms with Crippen molar-refractivity contribution in [3.63, 3.8) is 0 Å². The summed E-state index contributed by atoms with van der Waals surface area (Å²) in [6.07, 6.45) is 4.03. The van der Waals surface area contributed by atoms with Gasteiger partial charge in [0.25, 0.3) is 0 Å². The Hall–Kier alpha value is -1.61. The van der Waals surface area contributed by atoms with Crippen molar-refractivity contribution < 1.29 is 0 Å². The van der Waals surface area contributed by atoms with Crippen LogP contribution in [0.3, 0.4) is 0 Å². The topological polar surface area (TPSA) is 29.9 Å². The van der Waals surface area contributed by atoms with Crippen LogP contribution in [0.1, 0.15) is 38.1 Å². The molecule has 0 spiro atoms. The summed E-state index contributed by atoms with van der Waals surface area (Å²) in [6.45, 7) is 7.30. The van der Waals surface area contributed by atoms with Gasteiger partial charge in [0, 0.05) is 18.8 Å². The second-order valence-corrected chi connectivity index (χ2v) is 4.93. The lowest BCUT2D eigenvalue weighted by molar-refractivity contribution is 0.581. The maximum Gasteiger partial charge on any atom is 0.0955 e. The van der Waals surface area contributed by atoms with Gasteiger partial charge in [0.2, 0.25) is 0 Å². The van der Waals surface area contributed by atoms with Crippen molar-refractivity contribution in [3.05, 3.63) is 54.1 Å². The Kier molecular flexibility index (Phi) is 4.15. The minimum absolute atomic E-state index is 0.325. The Labute approximate surface area is 109 Å². The fourth-order valence-corrected chi connectivity index (χ4v) is 1.90. The number of rotatable bonds is 5. The molecular weight excluding hydrogens is 222 g/mol. The van der Waals surface area contributed by atoms with Crippen LogP contribution >= 0.6 is 0 Å². The molecule has 96 valence electrons. The van der Waals surface area contributed by atoms with Gasteiger partial charge < -0.3 is 9.88 Å². The molecule has 1 atom stereocenters. The van der Waals surface area contributed by atoms with Gasteiger partial charge in [0.05, 0.1) is 18.1 Å². The maximum atomic E-state index is 4.44. The van der Waals surface area contributed by atoms with E-state index in [-0.39, 0.29) is 0 Å². The molecular formula is C15H21N3. The SMILES string of the molecule is CC(C)NCc1cn(C(C)c2ccccc2)cn1. The molecule has 3 heteroatoms. The standard InChI is InChI=1S/C15H21N3/c1-12(2)16-9-15-10-18(11-17-15)13(3)14-7-5-4-6-8-14/h4-8,10-13,16H,9H2,1-3H3. The molecule has 0 amide bonds. The summed E-state index contributed by atoms with van der Waals surface area (Å²) in [5, 5.41) is 3.38. The molecule has 1 N–H and O–H groups in total. The first-order chi connectivity index (χ1) is 8.66.